The summed E-state index contributed by atoms with van der Waals surface area (Å²) in [6.45, 7) is 1.28. The molecule has 0 saturated carbocycles. The van der Waals surface area contributed by atoms with E-state index in [2.05, 4.69) is 20.6 Å². The van der Waals surface area contributed by atoms with Crippen LogP contribution in [-0.2, 0) is 12.7 Å². The highest BCUT2D eigenvalue weighted by atomic mass is 127. The standard InChI is InChI=1S/C17H21F3N4O2S.HI/c1-21-16(23-10-15-24-14(11-27-15)17(18,19)20)22-8-3-9-26-13-6-4-12(25-2)5-7-13;/h4-7,11H,3,8-10H2,1-2H3,(H2,21,22,23);1H. The van der Waals surface area contributed by atoms with Gasteiger partial charge in [0.05, 0.1) is 20.3 Å². The minimum atomic E-state index is -4.42. The number of ether oxygens (including phenoxy) is 2. The highest BCUT2D eigenvalue weighted by Gasteiger charge is 2.33. The number of methoxy groups -OCH3 is 1. The predicted octanol–water partition coefficient (Wildman–Crippen LogP) is 3.92. The van der Waals surface area contributed by atoms with Crippen molar-refractivity contribution < 1.29 is 22.6 Å². The van der Waals surface area contributed by atoms with E-state index in [9.17, 15) is 13.2 Å². The molecule has 6 nitrogen and oxygen atoms in total. The van der Waals surface area contributed by atoms with Gasteiger partial charge in [-0.15, -0.1) is 35.3 Å². The Morgan fingerprint density at radius 3 is 2.43 bits per heavy atom. The summed E-state index contributed by atoms with van der Waals surface area (Å²) in [4.78, 5) is 7.59. The fourth-order valence-electron chi connectivity index (χ4n) is 2.04. The van der Waals surface area contributed by atoms with Crippen molar-refractivity contribution in [1.82, 2.24) is 15.6 Å². The van der Waals surface area contributed by atoms with Gasteiger partial charge in [0.25, 0.3) is 0 Å². The molecular formula is C17H22F3IN4O2S. The lowest BCUT2D eigenvalue weighted by Crippen LogP contribution is -2.37. The van der Waals surface area contributed by atoms with Crippen molar-refractivity contribution in [3.05, 3.63) is 40.3 Å². The van der Waals surface area contributed by atoms with Crippen LogP contribution in [0.15, 0.2) is 34.6 Å². The van der Waals surface area contributed by atoms with Crippen LogP contribution in [0.3, 0.4) is 0 Å². The van der Waals surface area contributed by atoms with Crippen molar-refractivity contribution in [3.63, 3.8) is 0 Å². The summed E-state index contributed by atoms with van der Waals surface area (Å²) in [5, 5.41) is 7.36. The van der Waals surface area contributed by atoms with Crippen LogP contribution in [0.4, 0.5) is 13.2 Å². The largest absolute Gasteiger partial charge is 0.497 e. The monoisotopic (exact) mass is 530 g/mol. The molecule has 1 aromatic heterocycles. The summed E-state index contributed by atoms with van der Waals surface area (Å²) in [5.41, 5.74) is -0.872. The molecule has 0 radical (unpaired) electrons. The van der Waals surface area contributed by atoms with Crippen molar-refractivity contribution in [1.29, 1.82) is 0 Å². The molecule has 0 bridgehead atoms. The summed E-state index contributed by atoms with van der Waals surface area (Å²) in [6, 6.07) is 7.30. The summed E-state index contributed by atoms with van der Waals surface area (Å²) in [6.07, 6.45) is -3.69. The third-order valence-electron chi connectivity index (χ3n) is 3.41. The molecule has 11 heteroatoms. The first-order valence-electron chi connectivity index (χ1n) is 8.15. The molecule has 0 saturated heterocycles. The third-order valence-corrected chi connectivity index (χ3v) is 4.26. The number of hydrogen-bond donors (Lipinski definition) is 2. The maximum Gasteiger partial charge on any atom is 0.434 e. The number of nitrogens with zero attached hydrogens (tertiary/aromatic N) is 2. The van der Waals surface area contributed by atoms with Crippen LogP contribution in [0.25, 0.3) is 0 Å². The number of aliphatic imine (C=N–C) groups is 1. The number of hydrogen-bond acceptors (Lipinski definition) is 5. The molecule has 1 heterocycles. The van der Waals surface area contributed by atoms with Crippen LogP contribution in [0.5, 0.6) is 11.5 Å². The van der Waals surface area contributed by atoms with Crippen molar-refractivity contribution in [2.24, 2.45) is 4.99 Å². The number of rotatable bonds is 8. The number of guanidine groups is 1. The first-order valence-corrected chi connectivity index (χ1v) is 9.03. The minimum Gasteiger partial charge on any atom is -0.497 e. The molecule has 2 aromatic rings. The second-order valence-corrected chi connectivity index (χ2v) is 6.30. The second kappa shape index (κ2) is 11.9. The van der Waals surface area contributed by atoms with E-state index in [0.29, 0.717) is 24.1 Å². The van der Waals surface area contributed by atoms with Gasteiger partial charge >= 0.3 is 6.18 Å². The summed E-state index contributed by atoms with van der Waals surface area (Å²) >= 11 is 0.956. The topological polar surface area (TPSA) is 67.8 Å². The summed E-state index contributed by atoms with van der Waals surface area (Å²) in [7, 11) is 3.19. The molecule has 0 atom stereocenters. The molecule has 2 rings (SSSR count). The Morgan fingerprint density at radius 2 is 1.86 bits per heavy atom. The maximum absolute atomic E-state index is 12.5. The Morgan fingerprint density at radius 1 is 1.18 bits per heavy atom. The van der Waals surface area contributed by atoms with E-state index in [0.717, 1.165) is 34.6 Å². The molecule has 0 aliphatic rings. The smallest absolute Gasteiger partial charge is 0.434 e. The normalized spacial score (nSPS) is 11.5. The lowest BCUT2D eigenvalue weighted by molar-refractivity contribution is -0.140. The van der Waals surface area contributed by atoms with Crippen LogP contribution in [0.2, 0.25) is 0 Å². The summed E-state index contributed by atoms with van der Waals surface area (Å²) < 4.78 is 48.3. The van der Waals surface area contributed by atoms with Crippen LogP contribution in [0, 0.1) is 0 Å². The predicted molar refractivity (Wildman–Crippen MR) is 114 cm³/mol. The highest BCUT2D eigenvalue weighted by molar-refractivity contribution is 14.0. The zero-order valence-electron chi connectivity index (χ0n) is 15.4. The van der Waals surface area contributed by atoms with Gasteiger partial charge in [-0.1, -0.05) is 0 Å². The van der Waals surface area contributed by atoms with Crippen molar-refractivity contribution in [2.75, 3.05) is 27.3 Å². The number of nitrogens with one attached hydrogen (secondary N) is 2. The van der Waals surface area contributed by atoms with Crippen molar-refractivity contribution in [3.8, 4) is 11.5 Å². The average Bonchev–Trinajstić information content (AvgIpc) is 3.14. The van der Waals surface area contributed by atoms with Gasteiger partial charge in [0.2, 0.25) is 0 Å². The third kappa shape index (κ3) is 8.09. The van der Waals surface area contributed by atoms with E-state index in [-0.39, 0.29) is 30.5 Å². The average molecular weight is 530 g/mol. The molecule has 0 amide bonds. The molecule has 0 aliphatic heterocycles. The number of benzene rings is 1. The number of halogens is 4. The van der Waals surface area contributed by atoms with Gasteiger partial charge in [0.1, 0.15) is 16.5 Å². The van der Waals surface area contributed by atoms with Crippen LogP contribution < -0.4 is 20.1 Å². The van der Waals surface area contributed by atoms with E-state index < -0.39 is 11.9 Å². The molecule has 0 spiro atoms. The molecule has 156 valence electrons. The van der Waals surface area contributed by atoms with Crippen molar-refractivity contribution in [2.45, 2.75) is 19.1 Å². The SMILES string of the molecule is CN=C(NCCCOc1ccc(OC)cc1)NCc1nc(C(F)(F)F)cs1.I. The first-order chi connectivity index (χ1) is 12.9. The van der Waals surface area contributed by atoms with E-state index in [1.165, 1.54) is 0 Å². The van der Waals surface area contributed by atoms with E-state index in [1.54, 1.807) is 14.2 Å². The highest BCUT2D eigenvalue weighted by Crippen LogP contribution is 2.29. The zero-order valence-corrected chi connectivity index (χ0v) is 18.5. The molecule has 28 heavy (non-hydrogen) atoms. The Hall–Kier alpha value is -1.76. The molecule has 0 unspecified atom stereocenters. The molecular weight excluding hydrogens is 508 g/mol. The number of aromatic nitrogens is 1. The molecule has 0 aliphatic carbocycles. The van der Waals surface area contributed by atoms with Gasteiger partial charge in [0, 0.05) is 19.0 Å². The van der Waals surface area contributed by atoms with Gasteiger partial charge in [-0.05, 0) is 30.7 Å². The quantitative estimate of drug-likeness (QED) is 0.235. The van der Waals surface area contributed by atoms with Crippen LogP contribution in [0.1, 0.15) is 17.1 Å². The fraction of sp³-hybridized carbons (Fsp3) is 0.412. The Balaban J connectivity index is 0.00000392. The summed E-state index contributed by atoms with van der Waals surface area (Å²) in [5.74, 6) is 2.01. The zero-order chi connectivity index (χ0) is 19.7. The maximum atomic E-state index is 12.5. The van der Waals surface area contributed by atoms with Gasteiger partial charge < -0.3 is 20.1 Å². The van der Waals surface area contributed by atoms with E-state index >= 15 is 0 Å². The van der Waals surface area contributed by atoms with E-state index in [1.807, 2.05) is 24.3 Å². The first kappa shape index (κ1) is 24.3. The van der Waals surface area contributed by atoms with Gasteiger partial charge in [-0.2, -0.15) is 13.2 Å². The molecule has 0 fully saturated rings. The number of alkyl halides is 3. The molecule has 2 N–H and O–H groups in total. The van der Waals surface area contributed by atoms with Crippen molar-refractivity contribution >= 4 is 41.3 Å². The molecule has 1 aromatic carbocycles. The Bertz CT molecular complexity index is 739. The van der Waals surface area contributed by atoms with Gasteiger partial charge in [0.15, 0.2) is 11.7 Å². The van der Waals surface area contributed by atoms with E-state index in [4.69, 9.17) is 9.47 Å². The Kier molecular flexibility index (Phi) is 10.4. The second-order valence-electron chi connectivity index (χ2n) is 5.35. The Labute approximate surface area is 182 Å². The fourth-order valence-corrected chi connectivity index (χ4v) is 2.78. The number of thiazole rings is 1. The lowest BCUT2D eigenvalue weighted by atomic mass is 10.3. The lowest BCUT2D eigenvalue weighted by Gasteiger charge is -2.11. The minimum absolute atomic E-state index is 0. The van der Waals surface area contributed by atoms with Crippen LogP contribution >= 0.6 is 35.3 Å². The van der Waals surface area contributed by atoms with Crippen LogP contribution in [-0.4, -0.2) is 38.3 Å². The van der Waals surface area contributed by atoms with Gasteiger partial charge in [-0.3, -0.25) is 4.99 Å². The van der Waals surface area contributed by atoms with Gasteiger partial charge in [-0.25, -0.2) is 4.98 Å².